The molecule has 1 amide bonds. The molecule has 1 aromatic carbocycles. The molecule has 1 saturated carbocycles. The number of nitriles is 1. The molecule has 6 heteroatoms. The molecule has 2 aromatic rings. The Morgan fingerprint density at radius 1 is 1.11 bits per heavy atom. The van der Waals surface area contributed by atoms with E-state index >= 15 is 0 Å². The van der Waals surface area contributed by atoms with E-state index in [4.69, 9.17) is 4.42 Å². The molecule has 1 N–H and O–H groups in total. The summed E-state index contributed by atoms with van der Waals surface area (Å²) in [7, 11) is 0. The van der Waals surface area contributed by atoms with Crippen molar-refractivity contribution in [3.05, 3.63) is 53.3 Å². The highest BCUT2D eigenvalue weighted by Gasteiger charge is 2.18. The minimum Gasteiger partial charge on any atom is -0.545 e. The number of hydrogen-bond donors (Lipinski definition) is 1. The molecule has 0 radical (unpaired) electrons. The Labute approximate surface area is 157 Å². The van der Waals surface area contributed by atoms with E-state index in [1.807, 2.05) is 6.07 Å². The van der Waals surface area contributed by atoms with Crippen molar-refractivity contribution >= 4 is 18.0 Å². The maximum atomic E-state index is 12.3. The van der Waals surface area contributed by atoms with E-state index in [0.29, 0.717) is 17.1 Å². The average Bonchev–Trinajstić information content (AvgIpc) is 3.15. The Morgan fingerprint density at radius 2 is 1.81 bits per heavy atom. The van der Waals surface area contributed by atoms with E-state index in [0.717, 1.165) is 25.7 Å². The smallest absolute Gasteiger partial charge is 0.262 e. The lowest BCUT2D eigenvalue weighted by molar-refractivity contribution is -0.255. The summed E-state index contributed by atoms with van der Waals surface area (Å²) in [5.74, 6) is -0.742. The molecule has 0 aliphatic heterocycles. The van der Waals surface area contributed by atoms with Crippen LogP contribution in [0.4, 0.5) is 0 Å². The van der Waals surface area contributed by atoms with Gasteiger partial charge in [-0.3, -0.25) is 4.79 Å². The van der Waals surface area contributed by atoms with E-state index in [1.54, 1.807) is 24.3 Å². The van der Waals surface area contributed by atoms with Crippen LogP contribution in [0, 0.1) is 11.3 Å². The first-order valence-electron chi connectivity index (χ1n) is 8.91. The van der Waals surface area contributed by atoms with Crippen molar-refractivity contribution in [1.29, 1.82) is 5.26 Å². The molecule has 0 saturated heterocycles. The third kappa shape index (κ3) is 4.64. The summed E-state index contributed by atoms with van der Waals surface area (Å²) in [5.41, 5.74) is 0.759. The molecule has 0 atom stereocenters. The van der Waals surface area contributed by atoms with Crippen LogP contribution in [0.3, 0.4) is 0 Å². The number of nitrogens with zero attached hydrogens (tertiary/aromatic N) is 1. The van der Waals surface area contributed by atoms with Gasteiger partial charge >= 0.3 is 0 Å². The lowest BCUT2D eigenvalue weighted by Crippen LogP contribution is -2.36. The maximum absolute atomic E-state index is 12.3. The van der Waals surface area contributed by atoms with Crippen LogP contribution >= 0.6 is 0 Å². The van der Waals surface area contributed by atoms with Crippen LogP contribution in [0.15, 0.2) is 46.4 Å². The first-order chi connectivity index (χ1) is 13.1. The van der Waals surface area contributed by atoms with Gasteiger partial charge in [-0.2, -0.15) is 5.26 Å². The highest BCUT2D eigenvalue weighted by atomic mass is 16.4. The minimum absolute atomic E-state index is 0.00577. The molecule has 1 aliphatic rings. The molecule has 0 spiro atoms. The number of amides is 1. The van der Waals surface area contributed by atoms with Crippen molar-refractivity contribution < 1.29 is 19.1 Å². The average molecular weight is 363 g/mol. The second-order valence-electron chi connectivity index (χ2n) is 6.55. The fourth-order valence-corrected chi connectivity index (χ4v) is 3.16. The van der Waals surface area contributed by atoms with Crippen LogP contribution in [0.2, 0.25) is 0 Å². The summed E-state index contributed by atoms with van der Waals surface area (Å²) in [6.45, 7) is 0. The molecule has 138 valence electrons. The van der Waals surface area contributed by atoms with Crippen LogP contribution in [-0.4, -0.2) is 17.9 Å². The third-order valence-electron chi connectivity index (χ3n) is 4.62. The van der Waals surface area contributed by atoms with Crippen LogP contribution in [0.1, 0.15) is 48.2 Å². The van der Waals surface area contributed by atoms with E-state index in [9.17, 15) is 20.0 Å². The maximum Gasteiger partial charge on any atom is 0.262 e. The molecule has 3 rings (SSSR count). The zero-order chi connectivity index (χ0) is 19.2. The standard InChI is InChI=1S/C21H20N2O4/c22-13-16(20(24)23-17-4-2-1-3-5-17)12-18-10-11-19(27-18)14-6-8-15(9-7-14)21(25)26/h6-12,17H,1-5H2,(H,23,24)(H,25,26)/p-1/b16-12-. The molecule has 0 bridgehead atoms. The van der Waals surface area contributed by atoms with E-state index in [-0.39, 0.29) is 23.1 Å². The second-order valence-corrected chi connectivity index (χ2v) is 6.55. The first-order valence-corrected chi connectivity index (χ1v) is 8.91. The zero-order valence-corrected chi connectivity index (χ0v) is 14.7. The number of carboxylic acid groups (broad SMARTS) is 1. The largest absolute Gasteiger partial charge is 0.545 e. The van der Waals surface area contributed by atoms with Crippen LogP contribution in [0.25, 0.3) is 17.4 Å². The van der Waals surface area contributed by atoms with Gasteiger partial charge in [-0.25, -0.2) is 0 Å². The number of hydrogen-bond acceptors (Lipinski definition) is 5. The quantitative estimate of drug-likeness (QED) is 0.649. The van der Waals surface area contributed by atoms with Gasteiger partial charge in [-0.1, -0.05) is 43.5 Å². The van der Waals surface area contributed by atoms with Gasteiger partial charge in [0.05, 0.1) is 5.97 Å². The highest BCUT2D eigenvalue weighted by molar-refractivity contribution is 6.01. The molecular weight excluding hydrogens is 344 g/mol. The normalized spacial score (nSPS) is 15.1. The number of aromatic carboxylic acids is 1. The number of carbonyl (C=O) groups is 2. The number of furan rings is 1. The SMILES string of the molecule is N#C/C(=C/c1ccc(-c2ccc(C(=O)[O-])cc2)o1)C(=O)NC1CCCCC1. The summed E-state index contributed by atoms with van der Waals surface area (Å²) in [4.78, 5) is 23.1. The van der Waals surface area contributed by atoms with Gasteiger partial charge in [0.1, 0.15) is 23.2 Å². The van der Waals surface area contributed by atoms with Crippen LogP contribution < -0.4 is 10.4 Å². The van der Waals surface area contributed by atoms with Gasteiger partial charge in [-0.15, -0.1) is 0 Å². The number of nitrogens with one attached hydrogen (secondary N) is 1. The van der Waals surface area contributed by atoms with E-state index < -0.39 is 5.97 Å². The van der Waals surface area contributed by atoms with Crippen molar-refractivity contribution in [2.75, 3.05) is 0 Å². The molecule has 0 unspecified atom stereocenters. The number of carbonyl (C=O) groups excluding carboxylic acids is 2. The number of benzene rings is 1. The summed E-state index contributed by atoms with van der Waals surface area (Å²) in [6.07, 6.45) is 6.67. The van der Waals surface area contributed by atoms with Gasteiger partial charge in [0.25, 0.3) is 5.91 Å². The van der Waals surface area contributed by atoms with Crippen LogP contribution in [0.5, 0.6) is 0 Å². The Hall–Kier alpha value is -3.33. The van der Waals surface area contributed by atoms with Crippen molar-refractivity contribution in [3.8, 4) is 17.4 Å². The number of rotatable bonds is 5. The number of carboxylic acids is 1. The van der Waals surface area contributed by atoms with Gasteiger partial charge < -0.3 is 19.6 Å². The summed E-state index contributed by atoms with van der Waals surface area (Å²) in [6, 6.07) is 11.5. The summed E-state index contributed by atoms with van der Waals surface area (Å²) >= 11 is 0. The van der Waals surface area contributed by atoms with Crippen molar-refractivity contribution in [1.82, 2.24) is 5.32 Å². The molecule has 1 aliphatic carbocycles. The molecular formula is C21H19N2O4-. The van der Waals surface area contributed by atoms with Crippen LogP contribution in [-0.2, 0) is 4.79 Å². The Bertz CT molecular complexity index is 897. The predicted octanol–water partition coefficient (Wildman–Crippen LogP) is 2.67. The first kappa shape index (κ1) is 18.5. The predicted molar refractivity (Wildman–Crippen MR) is 97.1 cm³/mol. The highest BCUT2D eigenvalue weighted by Crippen LogP contribution is 2.24. The molecule has 1 aromatic heterocycles. The zero-order valence-electron chi connectivity index (χ0n) is 14.7. The van der Waals surface area contributed by atoms with Gasteiger partial charge in [-0.05, 0) is 30.5 Å². The van der Waals surface area contributed by atoms with Gasteiger partial charge in [0.15, 0.2) is 0 Å². The molecule has 6 nitrogen and oxygen atoms in total. The molecule has 1 fully saturated rings. The van der Waals surface area contributed by atoms with E-state index in [1.165, 1.54) is 24.6 Å². The second kappa shape index (κ2) is 8.37. The Morgan fingerprint density at radius 3 is 2.44 bits per heavy atom. The van der Waals surface area contributed by atoms with Gasteiger partial charge in [0, 0.05) is 17.7 Å². The third-order valence-corrected chi connectivity index (χ3v) is 4.62. The van der Waals surface area contributed by atoms with Crippen molar-refractivity contribution in [2.45, 2.75) is 38.1 Å². The van der Waals surface area contributed by atoms with E-state index in [2.05, 4.69) is 5.32 Å². The fourth-order valence-electron chi connectivity index (χ4n) is 3.16. The lowest BCUT2D eigenvalue weighted by atomic mass is 9.95. The summed E-state index contributed by atoms with van der Waals surface area (Å²) in [5, 5.41) is 23.0. The molecule has 1 heterocycles. The Kier molecular flexibility index (Phi) is 5.72. The van der Waals surface area contributed by atoms with Gasteiger partial charge in [0.2, 0.25) is 0 Å². The lowest BCUT2D eigenvalue weighted by Gasteiger charge is -2.22. The Balaban J connectivity index is 1.72. The summed E-state index contributed by atoms with van der Waals surface area (Å²) < 4.78 is 5.67. The minimum atomic E-state index is -1.24. The fraction of sp³-hybridized carbons (Fsp3) is 0.286. The monoisotopic (exact) mass is 363 g/mol. The molecule has 27 heavy (non-hydrogen) atoms. The topological polar surface area (TPSA) is 106 Å². The van der Waals surface area contributed by atoms with Crippen molar-refractivity contribution in [3.63, 3.8) is 0 Å². The van der Waals surface area contributed by atoms with Crippen molar-refractivity contribution in [2.24, 2.45) is 0 Å².